The Labute approximate surface area is 174 Å². The van der Waals surface area contributed by atoms with Crippen molar-refractivity contribution in [2.75, 3.05) is 26.2 Å². The number of hydrogen-bond donors (Lipinski definition) is 0. The Kier molecular flexibility index (Phi) is 5.26. The van der Waals surface area contributed by atoms with E-state index in [1.807, 2.05) is 0 Å². The summed E-state index contributed by atoms with van der Waals surface area (Å²) in [5.41, 5.74) is 0. The smallest absolute Gasteiger partial charge is 0.264 e. The molecule has 1 aromatic heterocycles. The number of carbonyl (C=O) groups excluding carboxylic acids is 1. The summed E-state index contributed by atoms with van der Waals surface area (Å²) in [6, 6.07) is 12.6. The number of sulfonamides is 1. The molecular weight excluding hydrogens is 467 g/mol. The molecule has 3 aromatic rings. The van der Waals surface area contributed by atoms with E-state index in [2.05, 4.69) is 15.9 Å². The first-order valence-corrected chi connectivity index (χ1v) is 11.6. The molecule has 0 radical (unpaired) electrons. The average Bonchev–Trinajstić information content (AvgIpc) is 3.11. The van der Waals surface area contributed by atoms with Gasteiger partial charge in [-0.3, -0.25) is 4.79 Å². The van der Waals surface area contributed by atoms with Crippen molar-refractivity contribution in [3.8, 4) is 0 Å². The summed E-state index contributed by atoms with van der Waals surface area (Å²) >= 11 is 4.62. The molecule has 0 saturated carbocycles. The topological polar surface area (TPSA) is 57.7 Å². The van der Waals surface area contributed by atoms with Gasteiger partial charge in [0.25, 0.3) is 5.91 Å². The van der Waals surface area contributed by atoms with Crippen LogP contribution in [0, 0.1) is 5.82 Å². The van der Waals surface area contributed by atoms with Crippen molar-refractivity contribution in [3.63, 3.8) is 0 Å². The van der Waals surface area contributed by atoms with Crippen molar-refractivity contribution in [1.29, 1.82) is 0 Å². The molecule has 146 valence electrons. The molecule has 1 amide bonds. The first-order chi connectivity index (χ1) is 13.3. The number of hydrogen-bond acceptors (Lipinski definition) is 4. The van der Waals surface area contributed by atoms with E-state index in [9.17, 15) is 17.6 Å². The van der Waals surface area contributed by atoms with Gasteiger partial charge in [-0.15, -0.1) is 11.3 Å². The van der Waals surface area contributed by atoms with Crippen LogP contribution in [-0.4, -0.2) is 49.7 Å². The molecule has 4 rings (SSSR count). The molecule has 1 aliphatic rings. The third kappa shape index (κ3) is 3.71. The second kappa shape index (κ2) is 7.55. The lowest BCUT2D eigenvalue weighted by Gasteiger charge is -2.33. The zero-order valence-electron chi connectivity index (χ0n) is 14.6. The van der Waals surface area contributed by atoms with Crippen LogP contribution in [-0.2, 0) is 10.0 Å². The van der Waals surface area contributed by atoms with E-state index < -0.39 is 10.0 Å². The number of piperazine rings is 1. The van der Waals surface area contributed by atoms with E-state index >= 15 is 0 Å². The van der Waals surface area contributed by atoms with Crippen LogP contribution < -0.4 is 0 Å². The van der Waals surface area contributed by atoms with Crippen LogP contribution in [0.25, 0.3) is 10.1 Å². The molecule has 2 aromatic carbocycles. The molecule has 0 spiro atoms. The zero-order chi connectivity index (χ0) is 19.9. The highest BCUT2D eigenvalue weighted by molar-refractivity contribution is 9.10. The first kappa shape index (κ1) is 19.5. The minimum atomic E-state index is -3.58. The Morgan fingerprint density at radius 1 is 1.00 bits per heavy atom. The second-order valence-corrected chi connectivity index (χ2v) is 10.4. The Balaban J connectivity index is 1.47. The molecule has 1 saturated heterocycles. The molecule has 0 unspecified atom stereocenters. The van der Waals surface area contributed by atoms with Crippen LogP contribution >= 0.6 is 27.3 Å². The average molecular weight is 483 g/mol. The number of nitrogens with zero attached hydrogens (tertiary/aromatic N) is 2. The minimum Gasteiger partial charge on any atom is -0.335 e. The van der Waals surface area contributed by atoms with E-state index in [-0.39, 0.29) is 29.7 Å². The van der Waals surface area contributed by atoms with Gasteiger partial charge in [0, 0.05) is 35.4 Å². The summed E-state index contributed by atoms with van der Waals surface area (Å²) < 4.78 is 42.0. The van der Waals surface area contributed by atoms with Gasteiger partial charge in [0.05, 0.1) is 9.77 Å². The number of amides is 1. The summed E-state index contributed by atoms with van der Waals surface area (Å²) in [5.74, 6) is -0.488. The van der Waals surface area contributed by atoms with Crippen molar-refractivity contribution >= 4 is 53.3 Å². The van der Waals surface area contributed by atoms with E-state index in [1.165, 1.54) is 27.8 Å². The molecule has 2 heterocycles. The van der Waals surface area contributed by atoms with Gasteiger partial charge in [0.2, 0.25) is 10.0 Å². The normalized spacial score (nSPS) is 15.9. The highest BCUT2D eigenvalue weighted by Gasteiger charge is 2.30. The van der Waals surface area contributed by atoms with Crippen molar-refractivity contribution in [2.24, 2.45) is 0 Å². The summed E-state index contributed by atoms with van der Waals surface area (Å²) in [6.45, 7) is 1.11. The molecule has 28 heavy (non-hydrogen) atoms. The maximum absolute atomic E-state index is 13.4. The van der Waals surface area contributed by atoms with Gasteiger partial charge >= 0.3 is 0 Å². The number of fused-ring (bicyclic) bond motifs is 1. The number of halogens is 2. The minimum absolute atomic E-state index is 0.151. The Morgan fingerprint density at radius 2 is 1.68 bits per heavy atom. The molecule has 0 N–H and O–H groups in total. The van der Waals surface area contributed by atoms with Crippen LogP contribution in [0.5, 0.6) is 0 Å². The van der Waals surface area contributed by atoms with Crippen molar-refractivity contribution < 1.29 is 17.6 Å². The third-order valence-corrected chi connectivity index (χ3v) is 8.21. The Hall–Kier alpha value is -1.81. The lowest BCUT2D eigenvalue weighted by molar-refractivity contribution is 0.0703. The predicted octanol–water partition coefficient (Wildman–Crippen LogP) is 3.95. The van der Waals surface area contributed by atoms with Crippen LogP contribution in [0.4, 0.5) is 4.39 Å². The first-order valence-electron chi connectivity index (χ1n) is 8.59. The van der Waals surface area contributed by atoms with Gasteiger partial charge in [-0.1, -0.05) is 15.9 Å². The van der Waals surface area contributed by atoms with Gasteiger partial charge in [0.1, 0.15) is 5.82 Å². The molecule has 9 heteroatoms. The number of rotatable bonds is 3. The third-order valence-electron chi connectivity index (χ3n) is 4.67. The summed E-state index contributed by atoms with van der Waals surface area (Å²) in [7, 11) is -3.58. The fourth-order valence-electron chi connectivity index (χ4n) is 3.16. The molecule has 0 bridgehead atoms. The molecular formula is C19H16BrFN2O3S2. The Bertz CT molecular complexity index is 1140. The molecule has 1 fully saturated rings. The fraction of sp³-hybridized carbons (Fsp3) is 0.211. The maximum Gasteiger partial charge on any atom is 0.264 e. The monoisotopic (exact) mass is 482 g/mol. The molecule has 0 aliphatic carbocycles. The number of carbonyl (C=O) groups is 1. The molecule has 0 atom stereocenters. The largest absolute Gasteiger partial charge is 0.335 e. The molecule has 5 nitrogen and oxygen atoms in total. The second-order valence-electron chi connectivity index (χ2n) is 6.44. The van der Waals surface area contributed by atoms with E-state index in [4.69, 9.17) is 0 Å². The van der Waals surface area contributed by atoms with Gasteiger partial charge in [-0.05, 0) is 53.9 Å². The standard InChI is InChI=1S/C19H16BrFN2O3S2/c20-14-1-4-16(5-2-14)28(25,26)23-9-7-22(8-10-23)19(24)18-12-13-11-15(21)3-6-17(13)27-18/h1-6,11-12H,7-10H2. The maximum atomic E-state index is 13.4. The SMILES string of the molecule is O=C(c1cc2cc(F)ccc2s1)N1CCN(S(=O)(=O)c2ccc(Br)cc2)CC1. The van der Waals surface area contributed by atoms with Crippen LogP contribution in [0.2, 0.25) is 0 Å². The number of thiophene rings is 1. The lowest BCUT2D eigenvalue weighted by atomic mass is 10.2. The van der Waals surface area contributed by atoms with E-state index in [0.29, 0.717) is 23.4 Å². The van der Waals surface area contributed by atoms with E-state index in [0.717, 1.165) is 9.17 Å². The quantitative estimate of drug-likeness (QED) is 0.567. The van der Waals surface area contributed by atoms with Gasteiger partial charge in [-0.2, -0.15) is 4.31 Å². The van der Waals surface area contributed by atoms with Crippen LogP contribution in [0.3, 0.4) is 0 Å². The van der Waals surface area contributed by atoms with Crippen LogP contribution in [0.1, 0.15) is 9.67 Å². The van der Waals surface area contributed by atoms with Gasteiger partial charge in [0.15, 0.2) is 0 Å². The summed E-state index contributed by atoms with van der Waals surface area (Å²) in [5, 5.41) is 0.699. The van der Waals surface area contributed by atoms with E-state index in [1.54, 1.807) is 41.3 Å². The van der Waals surface area contributed by atoms with Crippen LogP contribution in [0.15, 0.2) is 57.9 Å². The van der Waals surface area contributed by atoms with Crippen molar-refractivity contribution in [2.45, 2.75) is 4.90 Å². The fourth-order valence-corrected chi connectivity index (χ4v) is 5.86. The van der Waals surface area contributed by atoms with Crippen molar-refractivity contribution in [3.05, 3.63) is 63.7 Å². The molecule has 1 aliphatic heterocycles. The van der Waals surface area contributed by atoms with Crippen molar-refractivity contribution in [1.82, 2.24) is 9.21 Å². The highest BCUT2D eigenvalue weighted by Crippen LogP contribution is 2.28. The lowest BCUT2D eigenvalue weighted by Crippen LogP contribution is -2.50. The highest BCUT2D eigenvalue weighted by atomic mass is 79.9. The zero-order valence-corrected chi connectivity index (χ0v) is 17.9. The summed E-state index contributed by atoms with van der Waals surface area (Å²) in [4.78, 5) is 15.2. The number of benzene rings is 2. The predicted molar refractivity (Wildman–Crippen MR) is 111 cm³/mol. The van der Waals surface area contributed by atoms with Gasteiger partial charge < -0.3 is 4.90 Å². The Morgan fingerprint density at radius 3 is 2.36 bits per heavy atom. The van der Waals surface area contributed by atoms with Gasteiger partial charge in [-0.25, -0.2) is 12.8 Å². The summed E-state index contributed by atoms with van der Waals surface area (Å²) in [6.07, 6.45) is 0.